The van der Waals surface area contributed by atoms with Gasteiger partial charge in [-0.05, 0) is 63.3 Å². The summed E-state index contributed by atoms with van der Waals surface area (Å²) < 4.78 is 7.38. The van der Waals surface area contributed by atoms with Crippen molar-refractivity contribution < 1.29 is 9.53 Å². The van der Waals surface area contributed by atoms with Crippen molar-refractivity contribution in [3.05, 3.63) is 46.4 Å². The molecule has 0 atom stereocenters. The first-order valence-corrected chi connectivity index (χ1v) is 11.9. The molecule has 2 aliphatic rings. The van der Waals surface area contributed by atoms with Gasteiger partial charge in [0.05, 0.1) is 5.52 Å². The summed E-state index contributed by atoms with van der Waals surface area (Å²) in [6.45, 7) is 3.75. The first-order valence-electron chi connectivity index (χ1n) is 11.9. The number of amides is 1. The highest BCUT2D eigenvalue weighted by molar-refractivity contribution is 5.85. The van der Waals surface area contributed by atoms with E-state index in [2.05, 4.69) is 20.5 Å². The van der Waals surface area contributed by atoms with Crippen molar-refractivity contribution >= 4 is 34.3 Å². The van der Waals surface area contributed by atoms with Gasteiger partial charge >= 0.3 is 0 Å². The van der Waals surface area contributed by atoms with Gasteiger partial charge in [-0.15, -0.1) is 0 Å². The maximum absolute atomic E-state index is 13.0. The molecule has 5 rings (SSSR count). The van der Waals surface area contributed by atoms with Gasteiger partial charge in [-0.2, -0.15) is 4.98 Å². The Morgan fingerprint density at radius 3 is 2.71 bits per heavy atom. The summed E-state index contributed by atoms with van der Waals surface area (Å²) >= 11 is 0. The fraction of sp³-hybridized carbons (Fsp3) is 0.440. The second kappa shape index (κ2) is 9.32. The summed E-state index contributed by atoms with van der Waals surface area (Å²) in [6, 6.07) is 7.81. The first kappa shape index (κ1) is 22.2. The molecule has 178 valence electrons. The fourth-order valence-electron chi connectivity index (χ4n) is 4.35. The van der Waals surface area contributed by atoms with Crippen LogP contribution >= 0.6 is 0 Å². The summed E-state index contributed by atoms with van der Waals surface area (Å²) in [6.07, 6.45) is 7.37. The maximum atomic E-state index is 13.0. The second-order valence-corrected chi connectivity index (χ2v) is 9.02. The minimum absolute atomic E-state index is 0.175. The number of rotatable bonds is 7. The molecule has 1 saturated heterocycles. The zero-order valence-electron chi connectivity index (χ0n) is 19.6. The SMILES string of the molecule is CNC(=O)COc1cc2cc(Nc3nc(N4CCCCC4)ncc3C)ccc2n(C2CC2)c1=O. The number of ether oxygens (including phenoxy) is 1. The molecule has 1 saturated carbocycles. The Kier molecular flexibility index (Phi) is 6.08. The van der Waals surface area contributed by atoms with Crippen molar-refractivity contribution in [2.75, 3.05) is 37.0 Å². The Morgan fingerprint density at radius 2 is 1.97 bits per heavy atom. The number of pyridine rings is 1. The number of hydrogen-bond acceptors (Lipinski definition) is 7. The van der Waals surface area contributed by atoms with Crippen molar-refractivity contribution in [1.82, 2.24) is 19.9 Å². The highest BCUT2D eigenvalue weighted by Gasteiger charge is 2.28. The average molecular weight is 463 g/mol. The Balaban J connectivity index is 1.47. The molecule has 3 aromatic rings. The lowest BCUT2D eigenvalue weighted by atomic mass is 10.1. The van der Waals surface area contributed by atoms with Crippen LogP contribution in [0.15, 0.2) is 35.3 Å². The number of carbonyl (C=O) groups excluding carboxylic acids is 1. The van der Waals surface area contributed by atoms with Crippen LogP contribution in [0, 0.1) is 6.92 Å². The van der Waals surface area contributed by atoms with E-state index in [1.165, 1.54) is 6.42 Å². The monoisotopic (exact) mass is 462 g/mol. The summed E-state index contributed by atoms with van der Waals surface area (Å²) in [7, 11) is 1.54. The Labute approximate surface area is 198 Å². The number of hydrogen-bond donors (Lipinski definition) is 2. The van der Waals surface area contributed by atoms with Gasteiger partial charge in [0, 0.05) is 49.0 Å². The molecule has 1 aliphatic heterocycles. The number of nitrogens with one attached hydrogen (secondary N) is 2. The van der Waals surface area contributed by atoms with Crippen LogP contribution in [0.2, 0.25) is 0 Å². The lowest BCUT2D eigenvalue weighted by Gasteiger charge is -2.27. The largest absolute Gasteiger partial charge is 0.478 e. The normalized spacial score (nSPS) is 15.9. The van der Waals surface area contributed by atoms with Gasteiger partial charge in [0.15, 0.2) is 12.4 Å². The van der Waals surface area contributed by atoms with Gasteiger partial charge in [0.25, 0.3) is 11.5 Å². The quantitative estimate of drug-likeness (QED) is 0.556. The molecule has 9 heteroatoms. The smallest absolute Gasteiger partial charge is 0.293 e. The maximum Gasteiger partial charge on any atom is 0.293 e. The summed E-state index contributed by atoms with van der Waals surface area (Å²) in [5.41, 5.74) is 2.48. The Hall–Kier alpha value is -3.62. The lowest BCUT2D eigenvalue weighted by Crippen LogP contribution is -2.31. The molecule has 0 unspecified atom stereocenters. The van der Waals surface area contributed by atoms with E-state index in [0.717, 1.165) is 72.7 Å². The van der Waals surface area contributed by atoms with Crippen molar-refractivity contribution in [2.24, 2.45) is 0 Å². The molecule has 1 aliphatic carbocycles. The third-order valence-corrected chi connectivity index (χ3v) is 6.41. The number of fused-ring (bicyclic) bond motifs is 1. The van der Waals surface area contributed by atoms with E-state index in [1.54, 1.807) is 17.7 Å². The van der Waals surface area contributed by atoms with E-state index in [9.17, 15) is 9.59 Å². The molecule has 1 amide bonds. The Bertz CT molecular complexity index is 1280. The number of benzene rings is 1. The minimum Gasteiger partial charge on any atom is -0.478 e. The fourth-order valence-corrected chi connectivity index (χ4v) is 4.35. The molecule has 3 heterocycles. The van der Waals surface area contributed by atoms with Gasteiger partial charge in [-0.25, -0.2) is 4.98 Å². The number of anilines is 3. The third-order valence-electron chi connectivity index (χ3n) is 6.41. The summed E-state index contributed by atoms with van der Waals surface area (Å²) in [5, 5.41) is 6.81. The van der Waals surface area contributed by atoms with E-state index in [0.29, 0.717) is 0 Å². The zero-order chi connectivity index (χ0) is 23.7. The molecule has 1 aromatic carbocycles. The number of carbonyl (C=O) groups is 1. The predicted molar refractivity (Wildman–Crippen MR) is 132 cm³/mol. The molecular weight excluding hydrogens is 432 g/mol. The van der Waals surface area contributed by atoms with Crippen molar-refractivity contribution in [3.63, 3.8) is 0 Å². The van der Waals surface area contributed by atoms with Gasteiger partial charge in [-0.1, -0.05) is 0 Å². The van der Waals surface area contributed by atoms with Crippen molar-refractivity contribution in [1.29, 1.82) is 0 Å². The second-order valence-electron chi connectivity index (χ2n) is 9.02. The van der Waals surface area contributed by atoms with Crippen molar-refractivity contribution in [3.8, 4) is 5.75 Å². The molecule has 2 N–H and O–H groups in total. The molecular formula is C25H30N6O3. The lowest BCUT2D eigenvalue weighted by molar-refractivity contribution is -0.122. The van der Waals surface area contributed by atoms with Crippen molar-refractivity contribution in [2.45, 2.75) is 45.1 Å². The molecule has 0 bridgehead atoms. The van der Waals surface area contributed by atoms with E-state index in [-0.39, 0.29) is 29.9 Å². The molecule has 2 aromatic heterocycles. The number of aromatic nitrogens is 3. The topological polar surface area (TPSA) is 101 Å². The van der Waals surface area contributed by atoms with Gasteiger partial charge < -0.3 is 24.8 Å². The zero-order valence-corrected chi connectivity index (χ0v) is 19.6. The van der Waals surface area contributed by atoms with Crippen LogP contribution in [0.25, 0.3) is 10.9 Å². The summed E-state index contributed by atoms with van der Waals surface area (Å²) in [4.78, 5) is 36.3. The van der Waals surface area contributed by atoms with E-state index < -0.39 is 0 Å². The highest BCUT2D eigenvalue weighted by atomic mass is 16.5. The van der Waals surface area contributed by atoms with E-state index >= 15 is 0 Å². The molecule has 9 nitrogen and oxygen atoms in total. The standard InChI is InChI=1S/C25H30N6O3/c1-16-14-27-25(30-10-4-3-5-11-30)29-23(16)28-18-6-9-20-17(12-18)13-21(34-15-22(32)26-2)24(33)31(20)19-7-8-19/h6,9,12-14,19H,3-5,7-8,10-11,15H2,1-2H3,(H,26,32)(H,27,28,29). The van der Waals surface area contributed by atoms with Gasteiger partial charge in [-0.3, -0.25) is 9.59 Å². The predicted octanol–water partition coefficient (Wildman–Crippen LogP) is 3.29. The molecule has 34 heavy (non-hydrogen) atoms. The molecule has 2 fully saturated rings. The third kappa shape index (κ3) is 4.55. The van der Waals surface area contributed by atoms with Crippen LogP contribution in [-0.2, 0) is 4.79 Å². The summed E-state index contributed by atoms with van der Waals surface area (Å²) in [5.74, 6) is 1.42. The van der Waals surface area contributed by atoms with E-state index in [1.807, 2.05) is 31.3 Å². The van der Waals surface area contributed by atoms with Crippen LogP contribution < -0.4 is 25.8 Å². The molecule has 0 spiro atoms. The number of likely N-dealkylation sites (N-methyl/N-ethyl adjacent to an activating group) is 1. The van der Waals surface area contributed by atoms with Crippen LogP contribution in [0.3, 0.4) is 0 Å². The number of piperidine rings is 1. The first-order chi connectivity index (χ1) is 16.5. The minimum atomic E-state index is -0.281. The van der Waals surface area contributed by atoms with E-state index in [4.69, 9.17) is 9.72 Å². The average Bonchev–Trinajstić information content (AvgIpc) is 3.69. The van der Waals surface area contributed by atoms with Gasteiger partial charge in [0.1, 0.15) is 5.82 Å². The number of nitrogens with zero attached hydrogens (tertiary/aromatic N) is 4. The van der Waals surface area contributed by atoms with Crippen LogP contribution in [0.4, 0.5) is 17.5 Å². The highest BCUT2D eigenvalue weighted by Crippen LogP contribution is 2.37. The molecule has 0 radical (unpaired) electrons. The van der Waals surface area contributed by atoms with Gasteiger partial charge in [0.2, 0.25) is 5.95 Å². The van der Waals surface area contributed by atoms with Crippen LogP contribution in [-0.4, -0.2) is 47.2 Å². The number of aryl methyl sites for hydroxylation is 1. The Morgan fingerprint density at radius 1 is 1.18 bits per heavy atom. The van der Waals surface area contributed by atoms with Crippen LogP contribution in [0.5, 0.6) is 5.75 Å². The van der Waals surface area contributed by atoms with Crippen LogP contribution in [0.1, 0.15) is 43.7 Å².